The Kier molecular flexibility index (Phi) is 3.43. The largest absolute Gasteiger partial charge is 0.294 e. The first-order valence-electron chi connectivity index (χ1n) is 4.44. The number of carbonyl (C=O) groups excluding carboxylic acids is 1. The zero-order valence-electron chi connectivity index (χ0n) is 8.40. The van der Waals surface area contributed by atoms with Crippen LogP contribution in [-0.2, 0) is 0 Å². The molecule has 14 heavy (non-hydrogen) atoms. The van der Waals surface area contributed by atoms with Gasteiger partial charge in [-0.1, -0.05) is 13.8 Å². The number of benzene rings is 1. The fraction of sp³-hybridized carbons (Fsp3) is 0.364. The van der Waals surface area contributed by atoms with E-state index in [0.717, 1.165) is 0 Å². The fourth-order valence-electron chi connectivity index (χ4n) is 1.23. The highest BCUT2D eigenvalue weighted by atomic mass is 79.9. The van der Waals surface area contributed by atoms with Gasteiger partial charge in [0.1, 0.15) is 5.82 Å². The molecule has 3 heteroatoms. The molecular formula is C11H12BrFO. The Morgan fingerprint density at radius 3 is 2.50 bits per heavy atom. The highest BCUT2D eigenvalue weighted by molar-refractivity contribution is 9.10. The lowest BCUT2D eigenvalue weighted by molar-refractivity contribution is 0.0938. The summed E-state index contributed by atoms with van der Waals surface area (Å²) in [6, 6.07) is 3.22. The standard InChI is InChI=1S/C11H12BrFO/c1-6(2)11(14)8-4-5-9(12)10(13)7(8)3/h4-6H,1-3H3. The van der Waals surface area contributed by atoms with Crippen molar-refractivity contribution in [2.24, 2.45) is 5.92 Å². The van der Waals surface area contributed by atoms with Gasteiger partial charge in [0.25, 0.3) is 0 Å². The number of rotatable bonds is 2. The van der Waals surface area contributed by atoms with Crippen molar-refractivity contribution in [3.8, 4) is 0 Å². The van der Waals surface area contributed by atoms with Gasteiger partial charge in [0.15, 0.2) is 5.78 Å². The molecular weight excluding hydrogens is 247 g/mol. The number of Topliss-reactive ketones (excluding diaryl/α,β-unsaturated/α-hetero) is 1. The number of hydrogen-bond donors (Lipinski definition) is 0. The lowest BCUT2D eigenvalue weighted by atomic mass is 9.97. The molecule has 1 aromatic rings. The summed E-state index contributed by atoms with van der Waals surface area (Å²) in [5, 5.41) is 0. The van der Waals surface area contributed by atoms with E-state index < -0.39 is 0 Å². The maximum absolute atomic E-state index is 13.4. The van der Waals surface area contributed by atoms with Gasteiger partial charge in [-0.25, -0.2) is 4.39 Å². The van der Waals surface area contributed by atoms with Crippen molar-refractivity contribution in [1.29, 1.82) is 0 Å². The van der Waals surface area contributed by atoms with Gasteiger partial charge in [0.05, 0.1) is 4.47 Å². The highest BCUT2D eigenvalue weighted by Crippen LogP contribution is 2.23. The van der Waals surface area contributed by atoms with Crippen molar-refractivity contribution >= 4 is 21.7 Å². The summed E-state index contributed by atoms with van der Waals surface area (Å²) in [5.41, 5.74) is 0.888. The first-order valence-corrected chi connectivity index (χ1v) is 5.23. The Morgan fingerprint density at radius 2 is 2.00 bits per heavy atom. The Hall–Kier alpha value is -0.700. The topological polar surface area (TPSA) is 17.1 Å². The summed E-state index contributed by atoms with van der Waals surface area (Å²) in [6.07, 6.45) is 0. The lowest BCUT2D eigenvalue weighted by Gasteiger charge is -2.09. The van der Waals surface area contributed by atoms with Gasteiger partial charge in [0.2, 0.25) is 0 Å². The second-order valence-electron chi connectivity index (χ2n) is 3.55. The SMILES string of the molecule is Cc1c(C(=O)C(C)C)ccc(Br)c1F. The number of hydrogen-bond acceptors (Lipinski definition) is 1. The van der Waals surface area contributed by atoms with Gasteiger partial charge in [-0.05, 0) is 40.5 Å². The van der Waals surface area contributed by atoms with Crippen molar-refractivity contribution in [2.75, 3.05) is 0 Å². The highest BCUT2D eigenvalue weighted by Gasteiger charge is 2.16. The Bertz CT molecular complexity index is 372. The zero-order chi connectivity index (χ0) is 10.9. The Labute approximate surface area is 91.5 Å². The molecule has 0 aliphatic rings. The second kappa shape index (κ2) is 4.22. The molecule has 0 aliphatic heterocycles. The van der Waals surface area contributed by atoms with E-state index in [1.165, 1.54) is 0 Å². The zero-order valence-corrected chi connectivity index (χ0v) is 9.98. The van der Waals surface area contributed by atoms with Crippen LogP contribution in [0.2, 0.25) is 0 Å². The van der Waals surface area contributed by atoms with Gasteiger partial charge in [-0.3, -0.25) is 4.79 Å². The van der Waals surface area contributed by atoms with Crippen molar-refractivity contribution in [3.05, 3.63) is 33.5 Å². The molecule has 0 amide bonds. The normalized spacial score (nSPS) is 10.7. The van der Waals surface area contributed by atoms with Crippen LogP contribution in [-0.4, -0.2) is 5.78 Å². The summed E-state index contributed by atoms with van der Waals surface area (Å²) in [7, 11) is 0. The first kappa shape index (κ1) is 11.4. The summed E-state index contributed by atoms with van der Waals surface area (Å²) in [6.45, 7) is 5.24. The minimum Gasteiger partial charge on any atom is -0.294 e. The molecule has 0 heterocycles. The van der Waals surface area contributed by atoms with Gasteiger partial charge < -0.3 is 0 Å². The fourth-order valence-corrected chi connectivity index (χ4v) is 1.66. The Morgan fingerprint density at radius 1 is 1.43 bits per heavy atom. The summed E-state index contributed by atoms with van der Waals surface area (Å²) < 4.78 is 13.8. The predicted molar refractivity (Wildman–Crippen MR) is 58.0 cm³/mol. The quantitative estimate of drug-likeness (QED) is 0.739. The number of ketones is 1. The first-order chi connectivity index (χ1) is 6.45. The average Bonchev–Trinajstić information content (AvgIpc) is 2.13. The van der Waals surface area contributed by atoms with Crippen molar-refractivity contribution in [2.45, 2.75) is 20.8 Å². The van der Waals surface area contributed by atoms with Crippen molar-refractivity contribution in [3.63, 3.8) is 0 Å². The molecule has 0 atom stereocenters. The molecule has 0 saturated carbocycles. The molecule has 0 bridgehead atoms. The summed E-state index contributed by atoms with van der Waals surface area (Å²) >= 11 is 3.08. The van der Waals surface area contributed by atoms with E-state index in [1.807, 2.05) is 13.8 Å². The molecule has 0 spiro atoms. The maximum atomic E-state index is 13.4. The van der Waals surface area contributed by atoms with E-state index in [9.17, 15) is 9.18 Å². The minimum absolute atomic E-state index is 0.0195. The van der Waals surface area contributed by atoms with Crippen LogP contribution in [0.25, 0.3) is 0 Å². The van der Waals surface area contributed by atoms with Gasteiger partial charge in [-0.15, -0.1) is 0 Å². The smallest absolute Gasteiger partial charge is 0.165 e. The minimum atomic E-state index is -0.350. The van der Waals surface area contributed by atoms with Crippen LogP contribution in [0.15, 0.2) is 16.6 Å². The maximum Gasteiger partial charge on any atom is 0.165 e. The van der Waals surface area contributed by atoms with E-state index in [0.29, 0.717) is 15.6 Å². The third-order valence-electron chi connectivity index (χ3n) is 2.13. The van der Waals surface area contributed by atoms with Gasteiger partial charge in [0, 0.05) is 11.5 Å². The van der Waals surface area contributed by atoms with E-state index >= 15 is 0 Å². The molecule has 1 rings (SSSR count). The van der Waals surface area contributed by atoms with Crippen LogP contribution in [0.5, 0.6) is 0 Å². The second-order valence-corrected chi connectivity index (χ2v) is 4.41. The summed E-state index contributed by atoms with van der Waals surface area (Å²) in [5.74, 6) is -0.473. The number of halogens is 2. The third kappa shape index (κ3) is 2.03. The van der Waals surface area contributed by atoms with Crippen molar-refractivity contribution in [1.82, 2.24) is 0 Å². The predicted octanol–water partition coefficient (Wildman–Crippen LogP) is 3.74. The monoisotopic (exact) mass is 258 g/mol. The molecule has 1 nitrogen and oxygen atoms in total. The third-order valence-corrected chi connectivity index (χ3v) is 2.74. The van der Waals surface area contributed by atoms with E-state index in [4.69, 9.17) is 0 Å². The molecule has 1 aromatic carbocycles. The van der Waals surface area contributed by atoms with E-state index in [2.05, 4.69) is 15.9 Å². The molecule has 0 radical (unpaired) electrons. The van der Waals surface area contributed by atoms with Crippen LogP contribution in [0.4, 0.5) is 4.39 Å². The molecule has 0 aromatic heterocycles. The van der Waals surface area contributed by atoms with E-state index in [1.54, 1.807) is 19.1 Å². The van der Waals surface area contributed by atoms with Crippen LogP contribution in [0.3, 0.4) is 0 Å². The molecule has 0 fully saturated rings. The molecule has 0 unspecified atom stereocenters. The van der Waals surface area contributed by atoms with Crippen LogP contribution >= 0.6 is 15.9 Å². The van der Waals surface area contributed by atoms with Crippen LogP contribution < -0.4 is 0 Å². The average molecular weight is 259 g/mol. The van der Waals surface area contributed by atoms with Crippen molar-refractivity contribution < 1.29 is 9.18 Å². The summed E-state index contributed by atoms with van der Waals surface area (Å²) in [4.78, 5) is 11.6. The van der Waals surface area contributed by atoms with Crippen LogP contribution in [0, 0.1) is 18.7 Å². The van der Waals surface area contributed by atoms with Gasteiger partial charge >= 0.3 is 0 Å². The van der Waals surface area contributed by atoms with Crippen LogP contribution in [0.1, 0.15) is 29.8 Å². The lowest BCUT2D eigenvalue weighted by Crippen LogP contribution is -2.10. The molecule has 0 saturated heterocycles. The molecule has 76 valence electrons. The Balaban J connectivity index is 3.24. The van der Waals surface area contributed by atoms with E-state index in [-0.39, 0.29) is 17.5 Å². The number of carbonyl (C=O) groups is 1. The molecule has 0 aliphatic carbocycles. The van der Waals surface area contributed by atoms with Gasteiger partial charge in [-0.2, -0.15) is 0 Å². The molecule has 0 N–H and O–H groups in total.